The Hall–Kier alpha value is -2.09. The lowest BCUT2D eigenvalue weighted by atomic mass is 10.0. The van der Waals surface area contributed by atoms with Gasteiger partial charge in [-0.3, -0.25) is 9.59 Å². The van der Waals surface area contributed by atoms with Crippen LogP contribution < -0.4 is 16.0 Å². The molecule has 0 aliphatic carbocycles. The summed E-state index contributed by atoms with van der Waals surface area (Å²) in [7, 11) is 0. The second kappa shape index (κ2) is 6.80. The Morgan fingerprint density at radius 3 is 2.42 bits per heavy atom. The van der Waals surface area contributed by atoms with Crippen LogP contribution in [0, 0.1) is 17.4 Å². The minimum atomic E-state index is -0.580. The Morgan fingerprint density at radius 2 is 1.75 bits per heavy atom. The van der Waals surface area contributed by atoms with E-state index in [1.54, 1.807) is 0 Å². The summed E-state index contributed by atoms with van der Waals surface area (Å²) in [6, 6.07) is 10.9. The van der Waals surface area contributed by atoms with Crippen LogP contribution in [0.4, 0.5) is 17.1 Å². The van der Waals surface area contributed by atoms with Crippen molar-refractivity contribution < 1.29 is 9.59 Å². The number of rotatable bonds is 3. The number of carbonyl (C=O) groups is 2. The van der Waals surface area contributed by atoms with Gasteiger partial charge in [0.15, 0.2) is 0 Å². The first kappa shape index (κ1) is 16.8. The molecule has 0 unspecified atom stereocenters. The molecule has 0 aromatic heterocycles. The van der Waals surface area contributed by atoms with Crippen molar-refractivity contribution in [1.29, 1.82) is 0 Å². The van der Waals surface area contributed by atoms with E-state index < -0.39 is 6.04 Å². The number of nitrogens with one attached hydrogen (secondary N) is 3. The molecule has 0 fully saturated rings. The fourth-order valence-corrected chi connectivity index (χ4v) is 2.95. The van der Waals surface area contributed by atoms with E-state index in [9.17, 15) is 9.59 Å². The van der Waals surface area contributed by atoms with Gasteiger partial charge in [-0.15, -0.1) is 0 Å². The monoisotopic (exact) mass is 435 g/mol. The molecule has 6 heteroatoms. The fraction of sp³-hybridized carbons (Fsp3) is 0.222. The molecule has 5 nitrogen and oxygen atoms in total. The van der Waals surface area contributed by atoms with Gasteiger partial charge in [0, 0.05) is 9.26 Å². The largest absolute Gasteiger partial charge is 0.372 e. The highest BCUT2D eigenvalue weighted by Crippen LogP contribution is 2.30. The van der Waals surface area contributed by atoms with Gasteiger partial charge in [-0.1, -0.05) is 0 Å². The number of carbonyl (C=O) groups excluding carboxylic acids is 2. The number of hydrogen-bond acceptors (Lipinski definition) is 3. The number of benzene rings is 2. The third-order valence-electron chi connectivity index (χ3n) is 4.06. The van der Waals surface area contributed by atoms with Crippen molar-refractivity contribution >= 4 is 51.5 Å². The SMILES string of the molecule is Cc1cc2c(cc1C)N[C@H](CC(=O)Nc1ccc(I)cc1)C(=O)N2. The summed E-state index contributed by atoms with van der Waals surface area (Å²) < 4.78 is 1.10. The van der Waals surface area contributed by atoms with E-state index in [1.165, 1.54) is 0 Å². The molecule has 0 radical (unpaired) electrons. The zero-order valence-corrected chi connectivity index (χ0v) is 15.6. The molecule has 0 saturated heterocycles. The molecule has 1 aliphatic heterocycles. The zero-order valence-electron chi connectivity index (χ0n) is 13.4. The molecule has 1 aliphatic rings. The van der Waals surface area contributed by atoms with E-state index in [4.69, 9.17) is 0 Å². The highest BCUT2D eigenvalue weighted by atomic mass is 127. The molecule has 0 spiro atoms. The minimum Gasteiger partial charge on any atom is -0.372 e. The molecule has 2 amide bonds. The molecule has 3 rings (SSSR count). The maximum absolute atomic E-state index is 12.2. The number of halogens is 1. The van der Waals surface area contributed by atoms with E-state index >= 15 is 0 Å². The molecular weight excluding hydrogens is 417 g/mol. The topological polar surface area (TPSA) is 70.2 Å². The molecule has 3 N–H and O–H groups in total. The lowest BCUT2D eigenvalue weighted by Crippen LogP contribution is -2.41. The number of amides is 2. The Kier molecular flexibility index (Phi) is 4.75. The molecule has 1 heterocycles. The van der Waals surface area contributed by atoms with E-state index in [1.807, 2.05) is 50.2 Å². The van der Waals surface area contributed by atoms with Gasteiger partial charge in [0.25, 0.3) is 0 Å². The quantitative estimate of drug-likeness (QED) is 0.645. The van der Waals surface area contributed by atoms with E-state index in [0.717, 1.165) is 31.8 Å². The molecule has 2 aromatic carbocycles. The van der Waals surface area contributed by atoms with Crippen molar-refractivity contribution in [3.05, 3.63) is 51.1 Å². The normalized spacial score (nSPS) is 16.0. The summed E-state index contributed by atoms with van der Waals surface area (Å²) in [5.41, 5.74) is 4.59. The molecule has 1 atom stereocenters. The van der Waals surface area contributed by atoms with Crippen LogP contribution in [-0.4, -0.2) is 17.9 Å². The van der Waals surface area contributed by atoms with Crippen molar-refractivity contribution in [3.8, 4) is 0 Å². The van der Waals surface area contributed by atoms with E-state index in [-0.39, 0.29) is 18.2 Å². The Balaban J connectivity index is 1.68. The van der Waals surface area contributed by atoms with Gasteiger partial charge in [-0.05, 0) is 84.0 Å². The maximum atomic E-state index is 12.2. The summed E-state index contributed by atoms with van der Waals surface area (Å²) in [4.78, 5) is 24.4. The fourth-order valence-electron chi connectivity index (χ4n) is 2.59. The minimum absolute atomic E-state index is 0.0736. The molecule has 0 bridgehead atoms. The Labute approximate surface area is 154 Å². The summed E-state index contributed by atoms with van der Waals surface area (Å²) in [6.07, 6.45) is 0.0736. The van der Waals surface area contributed by atoms with Gasteiger partial charge >= 0.3 is 0 Å². The third kappa shape index (κ3) is 3.69. The average molecular weight is 435 g/mol. The van der Waals surface area contributed by atoms with Gasteiger partial charge in [0.05, 0.1) is 17.8 Å². The van der Waals surface area contributed by atoms with E-state index in [2.05, 4.69) is 38.5 Å². The molecular formula is C18H18IN3O2. The van der Waals surface area contributed by atoms with Gasteiger partial charge in [0.1, 0.15) is 6.04 Å². The Bertz CT molecular complexity index is 803. The smallest absolute Gasteiger partial charge is 0.247 e. The second-order valence-electron chi connectivity index (χ2n) is 5.93. The third-order valence-corrected chi connectivity index (χ3v) is 4.77. The van der Waals surface area contributed by atoms with Crippen LogP contribution in [-0.2, 0) is 9.59 Å². The first-order valence-electron chi connectivity index (χ1n) is 7.66. The summed E-state index contributed by atoms with van der Waals surface area (Å²) in [5.74, 6) is -0.389. The van der Waals surface area contributed by atoms with Crippen molar-refractivity contribution in [2.24, 2.45) is 0 Å². The molecule has 2 aromatic rings. The molecule has 24 heavy (non-hydrogen) atoms. The van der Waals surface area contributed by atoms with Crippen LogP contribution in [0.25, 0.3) is 0 Å². The van der Waals surface area contributed by atoms with E-state index in [0.29, 0.717) is 0 Å². The summed E-state index contributed by atoms with van der Waals surface area (Å²) >= 11 is 2.21. The number of fused-ring (bicyclic) bond motifs is 1. The first-order valence-corrected chi connectivity index (χ1v) is 8.74. The number of anilines is 3. The molecule has 124 valence electrons. The van der Waals surface area contributed by atoms with Crippen molar-refractivity contribution in [2.45, 2.75) is 26.3 Å². The highest BCUT2D eigenvalue weighted by molar-refractivity contribution is 14.1. The zero-order chi connectivity index (χ0) is 17.3. The second-order valence-corrected chi connectivity index (χ2v) is 7.17. The average Bonchev–Trinajstić information content (AvgIpc) is 2.52. The Morgan fingerprint density at radius 1 is 1.12 bits per heavy atom. The number of aryl methyl sites for hydroxylation is 2. The standard InChI is InChI=1S/C18H18IN3O2/c1-10-7-14-15(8-11(10)2)22-18(24)16(21-14)9-17(23)20-13-5-3-12(19)4-6-13/h3-8,16,21H,9H2,1-2H3,(H,20,23)(H,22,24)/t16-/m1/s1. The van der Waals surface area contributed by atoms with Gasteiger partial charge in [-0.25, -0.2) is 0 Å². The van der Waals surface area contributed by atoms with Crippen molar-refractivity contribution in [1.82, 2.24) is 0 Å². The van der Waals surface area contributed by atoms with Crippen LogP contribution in [0.2, 0.25) is 0 Å². The van der Waals surface area contributed by atoms with Crippen molar-refractivity contribution in [3.63, 3.8) is 0 Å². The maximum Gasteiger partial charge on any atom is 0.247 e. The first-order chi connectivity index (χ1) is 11.4. The van der Waals surface area contributed by atoms with Crippen molar-refractivity contribution in [2.75, 3.05) is 16.0 Å². The lowest BCUT2D eigenvalue weighted by molar-refractivity contribution is -0.122. The molecule has 0 saturated carbocycles. The van der Waals surface area contributed by atoms with Gasteiger partial charge < -0.3 is 16.0 Å². The van der Waals surface area contributed by atoms with Crippen LogP contribution in [0.1, 0.15) is 17.5 Å². The van der Waals surface area contributed by atoms with Gasteiger partial charge in [0.2, 0.25) is 11.8 Å². The number of hydrogen-bond donors (Lipinski definition) is 3. The predicted octanol–water partition coefficient (Wildman–Crippen LogP) is 3.67. The van der Waals surface area contributed by atoms with Crippen LogP contribution >= 0.6 is 22.6 Å². The van der Waals surface area contributed by atoms with Crippen LogP contribution in [0.3, 0.4) is 0 Å². The summed E-state index contributed by atoms with van der Waals surface area (Å²) in [6.45, 7) is 4.02. The van der Waals surface area contributed by atoms with Gasteiger partial charge in [-0.2, -0.15) is 0 Å². The summed E-state index contributed by atoms with van der Waals surface area (Å²) in [5, 5.41) is 8.86. The van der Waals surface area contributed by atoms with Crippen LogP contribution in [0.15, 0.2) is 36.4 Å². The predicted molar refractivity (Wildman–Crippen MR) is 104 cm³/mol. The highest BCUT2D eigenvalue weighted by Gasteiger charge is 2.27. The lowest BCUT2D eigenvalue weighted by Gasteiger charge is -2.27. The van der Waals surface area contributed by atoms with Crippen LogP contribution in [0.5, 0.6) is 0 Å².